The van der Waals surface area contributed by atoms with Crippen LogP contribution in [0.1, 0.15) is 50.5 Å². The molecule has 1 aromatic carbocycles. The molecule has 2 saturated heterocycles. The minimum atomic E-state index is -3.11. The lowest BCUT2D eigenvalue weighted by atomic mass is 9.64. The molecule has 0 spiro atoms. The van der Waals surface area contributed by atoms with E-state index in [1.165, 1.54) is 13.0 Å². The smallest absolute Gasteiger partial charge is 0.594 e. The van der Waals surface area contributed by atoms with Crippen LogP contribution in [-0.2, 0) is 33.2 Å². The largest absolute Gasteiger partial charge is 0.717 e. The lowest BCUT2D eigenvalue weighted by Gasteiger charge is -2.43. The van der Waals surface area contributed by atoms with E-state index in [0.717, 1.165) is 12.7 Å². The fraction of sp³-hybridized carbons (Fsp3) is 0.429. The third-order valence-electron chi connectivity index (χ3n) is 7.12. The van der Waals surface area contributed by atoms with E-state index in [1.807, 2.05) is 44.2 Å². The van der Waals surface area contributed by atoms with Gasteiger partial charge in [-0.3, -0.25) is 19.2 Å². The lowest BCUT2D eigenvalue weighted by molar-refractivity contribution is -0.172. The van der Waals surface area contributed by atoms with Gasteiger partial charge in [-0.05, 0) is 25.0 Å². The van der Waals surface area contributed by atoms with Crippen molar-refractivity contribution < 1.29 is 47.8 Å². The molecule has 0 aliphatic carbocycles. The molecule has 4 rings (SSSR count). The van der Waals surface area contributed by atoms with E-state index >= 15 is 0 Å². The highest BCUT2D eigenvalue weighted by Gasteiger charge is 2.68. The highest BCUT2D eigenvalue weighted by atomic mass is 16.8. The fourth-order valence-corrected chi connectivity index (χ4v) is 5.12. The van der Waals surface area contributed by atoms with Crippen molar-refractivity contribution in [3.8, 4) is 11.3 Å². The lowest BCUT2D eigenvalue weighted by Crippen LogP contribution is -2.68. The first-order chi connectivity index (χ1) is 19.9. The number of hydrogen-bond acceptors (Lipinski definition) is 10. The van der Waals surface area contributed by atoms with Gasteiger partial charge in [0.05, 0.1) is 25.3 Å². The van der Waals surface area contributed by atoms with Gasteiger partial charge in [0, 0.05) is 16.3 Å². The Morgan fingerprint density at radius 1 is 1.10 bits per heavy atom. The number of aromatic nitrogens is 1. The number of rotatable bonds is 11. The zero-order chi connectivity index (χ0) is 30.7. The summed E-state index contributed by atoms with van der Waals surface area (Å²) in [5.74, 6) is -5.29. The Balaban J connectivity index is 1.56. The summed E-state index contributed by atoms with van der Waals surface area (Å²) < 4.78 is 20.2. The van der Waals surface area contributed by atoms with E-state index < -0.39 is 73.0 Å². The third-order valence-corrected chi connectivity index (χ3v) is 7.12. The maximum absolute atomic E-state index is 13.5. The summed E-state index contributed by atoms with van der Waals surface area (Å²) in [6, 6.07) is 12.6. The van der Waals surface area contributed by atoms with Crippen molar-refractivity contribution in [2.75, 3.05) is 7.11 Å². The second kappa shape index (κ2) is 12.3. The first-order valence-corrected chi connectivity index (χ1v) is 13.6. The van der Waals surface area contributed by atoms with Crippen LogP contribution in [0.5, 0.6) is 0 Å². The SMILES string of the molecule is COC(=O)C[C@@]12CC(=O)[OH+][B-]([C@H](CC(C)C)NC(=O)[C@@H](NC(=O)c3cccc(-c4ccccc4)n3)[C@@H](C)O)(OC1=O)O2. The maximum atomic E-state index is 13.5. The van der Waals surface area contributed by atoms with E-state index in [9.17, 15) is 29.1 Å². The van der Waals surface area contributed by atoms with Crippen LogP contribution in [-0.4, -0.2) is 82.0 Å². The van der Waals surface area contributed by atoms with Gasteiger partial charge in [-0.2, -0.15) is 0 Å². The van der Waals surface area contributed by atoms with Crippen LogP contribution in [0, 0.1) is 5.92 Å². The number of hydrogen-bond donors (Lipinski definition) is 3. The van der Waals surface area contributed by atoms with Crippen LogP contribution in [0.4, 0.5) is 0 Å². The number of fused-ring (bicyclic) bond motifs is 2. The minimum Gasteiger partial charge on any atom is -0.717 e. The molecule has 224 valence electrons. The van der Waals surface area contributed by atoms with Gasteiger partial charge in [-0.15, -0.1) is 0 Å². The van der Waals surface area contributed by atoms with Crippen molar-refractivity contribution in [3.05, 3.63) is 54.2 Å². The number of methoxy groups -OCH3 is 1. The zero-order valence-electron chi connectivity index (χ0n) is 23.7. The highest BCUT2D eigenvalue weighted by molar-refractivity contribution is 6.67. The first-order valence-electron chi connectivity index (χ1n) is 13.6. The molecule has 2 aliphatic rings. The quantitative estimate of drug-likeness (QED) is 0.192. The summed E-state index contributed by atoms with van der Waals surface area (Å²) in [7, 11) is 1.13. The Kier molecular flexibility index (Phi) is 8.97. The number of esters is 1. The molecule has 2 amide bonds. The number of pyridine rings is 1. The number of aliphatic carboxylic acids is 1. The van der Waals surface area contributed by atoms with Gasteiger partial charge in [-0.25, -0.2) is 4.98 Å². The number of ether oxygens (including phenoxy) is 1. The second-order valence-electron chi connectivity index (χ2n) is 10.9. The van der Waals surface area contributed by atoms with Crippen molar-refractivity contribution in [2.24, 2.45) is 5.92 Å². The molecule has 2 aromatic rings. The second-order valence-corrected chi connectivity index (χ2v) is 10.9. The molecule has 3 heterocycles. The van der Waals surface area contributed by atoms with Crippen LogP contribution in [0.15, 0.2) is 48.5 Å². The van der Waals surface area contributed by atoms with Crippen molar-refractivity contribution >= 4 is 36.5 Å². The number of carboxylic acids is 1. The number of nitrogens with zero attached hydrogens (tertiary/aromatic N) is 1. The number of aliphatic hydroxyl groups is 1. The molecule has 2 fully saturated rings. The van der Waals surface area contributed by atoms with E-state index in [2.05, 4.69) is 25.0 Å². The molecule has 13 nitrogen and oxygen atoms in total. The summed E-state index contributed by atoms with van der Waals surface area (Å²) in [6.07, 6.45) is -2.30. The molecule has 4 N–H and O–H groups in total. The Bertz CT molecular complexity index is 1370. The molecular weight excluding hydrogens is 549 g/mol. The Morgan fingerprint density at radius 2 is 1.81 bits per heavy atom. The number of carbonyl (C=O) groups excluding carboxylic acids is 4. The van der Waals surface area contributed by atoms with Crippen LogP contribution >= 0.6 is 0 Å². The van der Waals surface area contributed by atoms with E-state index in [0.29, 0.717) is 5.69 Å². The number of carbonyl (C=O) groups is 5. The van der Waals surface area contributed by atoms with Crippen LogP contribution in [0.25, 0.3) is 11.3 Å². The third kappa shape index (κ3) is 6.44. The molecular formula is C28H34BN3O10. The van der Waals surface area contributed by atoms with Gasteiger partial charge in [0.15, 0.2) is 5.60 Å². The van der Waals surface area contributed by atoms with E-state index in [4.69, 9.17) is 9.31 Å². The summed E-state index contributed by atoms with van der Waals surface area (Å²) >= 11 is 0. The van der Waals surface area contributed by atoms with Crippen LogP contribution < -0.4 is 10.6 Å². The number of amides is 2. The molecule has 2 aliphatic heterocycles. The monoisotopic (exact) mass is 583 g/mol. The molecule has 14 heteroatoms. The van der Waals surface area contributed by atoms with Gasteiger partial charge >= 0.3 is 18.7 Å². The summed E-state index contributed by atoms with van der Waals surface area (Å²) in [5, 5.41) is 15.6. The van der Waals surface area contributed by atoms with Gasteiger partial charge < -0.3 is 34.4 Å². The van der Waals surface area contributed by atoms with E-state index in [1.54, 1.807) is 12.1 Å². The molecule has 2 bridgehead atoms. The van der Waals surface area contributed by atoms with Crippen molar-refractivity contribution in [3.63, 3.8) is 0 Å². The summed E-state index contributed by atoms with van der Waals surface area (Å²) in [6.45, 7) is 1.86. The fourth-order valence-electron chi connectivity index (χ4n) is 5.12. The minimum absolute atomic E-state index is 0.0184. The molecule has 1 unspecified atom stereocenters. The number of aliphatic hydroxyl groups excluding tert-OH is 1. The molecule has 5 atom stereocenters. The predicted octanol–water partition coefficient (Wildman–Crippen LogP) is 0.570. The predicted molar refractivity (Wildman–Crippen MR) is 148 cm³/mol. The summed E-state index contributed by atoms with van der Waals surface area (Å²) in [5.41, 5.74) is -0.585. The summed E-state index contributed by atoms with van der Waals surface area (Å²) in [4.78, 5) is 68.7. The average Bonchev–Trinajstić information content (AvgIpc) is 3.15. The van der Waals surface area contributed by atoms with Crippen molar-refractivity contribution in [1.29, 1.82) is 0 Å². The standard InChI is InChI=1S/C28H34BN3O10/c1-16(2)13-21(29-40-23(35)15-28(42-29,27(38)41-29)14-22(34)39-4)31-26(37)24(17(3)33)32-25(36)20-12-8-11-19(30-20)18-9-6-5-7-10-18/h5-12,16-17,21,24,33,40H,13-15H2,1-4H3,(H,31,37)(H,32,36)/t17-,21+,24+,28-,29?/m1/s1. The van der Waals surface area contributed by atoms with E-state index in [-0.39, 0.29) is 18.0 Å². The Labute approximate surface area is 242 Å². The maximum Gasteiger partial charge on any atom is 0.594 e. The highest BCUT2D eigenvalue weighted by Crippen LogP contribution is 2.42. The Hall–Kier alpha value is -4.30. The van der Waals surface area contributed by atoms with Crippen molar-refractivity contribution in [2.45, 2.75) is 63.7 Å². The van der Waals surface area contributed by atoms with Gasteiger partial charge in [0.1, 0.15) is 18.2 Å². The van der Waals surface area contributed by atoms with Crippen molar-refractivity contribution in [1.82, 2.24) is 15.6 Å². The van der Waals surface area contributed by atoms with Crippen LogP contribution in [0.2, 0.25) is 0 Å². The van der Waals surface area contributed by atoms with Crippen LogP contribution in [0.3, 0.4) is 0 Å². The average molecular weight is 583 g/mol. The number of benzene rings is 1. The zero-order valence-corrected chi connectivity index (χ0v) is 23.7. The van der Waals surface area contributed by atoms with Gasteiger partial charge in [0.25, 0.3) is 11.9 Å². The topological polar surface area (TPSA) is 183 Å². The molecule has 0 saturated carbocycles. The number of nitrogens with one attached hydrogen (secondary N) is 2. The molecule has 0 radical (unpaired) electrons. The molecule has 42 heavy (non-hydrogen) atoms. The Morgan fingerprint density at radius 3 is 2.45 bits per heavy atom. The molecule has 1 aromatic heterocycles. The van der Waals surface area contributed by atoms with Gasteiger partial charge in [0.2, 0.25) is 5.91 Å². The van der Waals surface area contributed by atoms with Gasteiger partial charge in [-0.1, -0.05) is 56.7 Å². The first kappa shape index (κ1) is 30.7. The normalized spacial score (nSPS) is 23.3.